The molecule has 0 aromatic rings. The van der Waals surface area contributed by atoms with Crippen LogP contribution >= 0.6 is 11.8 Å². The second kappa shape index (κ2) is 5.52. The third kappa shape index (κ3) is 3.10. The number of hydrazine groups is 1. The van der Waals surface area contributed by atoms with Crippen LogP contribution in [0.5, 0.6) is 0 Å². The van der Waals surface area contributed by atoms with Crippen molar-refractivity contribution in [3.05, 3.63) is 0 Å². The maximum Gasteiger partial charge on any atom is 0.282 e. The summed E-state index contributed by atoms with van der Waals surface area (Å²) in [6, 6.07) is 0. The van der Waals surface area contributed by atoms with Crippen molar-refractivity contribution in [1.29, 1.82) is 0 Å². The van der Waals surface area contributed by atoms with Crippen LogP contribution < -0.4 is 11.2 Å². The van der Waals surface area contributed by atoms with Gasteiger partial charge in [-0.1, -0.05) is 0 Å². The number of methoxy groups -OCH3 is 1. The van der Waals surface area contributed by atoms with Crippen molar-refractivity contribution in [2.45, 2.75) is 18.0 Å². The number of carbonyl (C=O) groups is 1. The number of aliphatic hydroxyl groups excluding tert-OH is 1. The number of aliphatic hydroxyl groups is 1. The molecule has 1 saturated heterocycles. The third-order valence-electron chi connectivity index (χ3n) is 1.86. The van der Waals surface area contributed by atoms with Gasteiger partial charge in [0, 0.05) is 20.3 Å². The van der Waals surface area contributed by atoms with Crippen molar-refractivity contribution < 1.29 is 14.6 Å². The zero-order chi connectivity index (χ0) is 10.6. The highest BCUT2D eigenvalue weighted by molar-refractivity contribution is 8.14. The Hall–Kier alpha value is -0.340. The van der Waals surface area contributed by atoms with E-state index >= 15 is 0 Å². The third-order valence-corrected chi connectivity index (χ3v) is 2.96. The fourth-order valence-corrected chi connectivity index (χ4v) is 2.01. The Morgan fingerprint density at radius 1 is 1.79 bits per heavy atom. The number of hydrogen-bond acceptors (Lipinski definition) is 6. The van der Waals surface area contributed by atoms with Crippen molar-refractivity contribution in [1.82, 2.24) is 10.3 Å². The number of nitrogens with two attached hydrogens (primary N) is 1. The fraction of sp³-hybridized carbons (Fsp3) is 0.857. The van der Waals surface area contributed by atoms with E-state index in [9.17, 15) is 9.90 Å². The summed E-state index contributed by atoms with van der Waals surface area (Å²) in [5.74, 6) is 5.68. The van der Waals surface area contributed by atoms with Gasteiger partial charge in [-0.15, -0.1) is 0 Å². The van der Waals surface area contributed by atoms with Crippen LogP contribution in [0, 0.1) is 0 Å². The van der Waals surface area contributed by atoms with Gasteiger partial charge in [0.1, 0.15) is 5.37 Å². The first-order valence-corrected chi connectivity index (χ1v) is 5.18. The number of rotatable bonds is 5. The van der Waals surface area contributed by atoms with Crippen LogP contribution in [0.25, 0.3) is 0 Å². The first-order chi connectivity index (χ1) is 6.65. The van der Waals surface area contributed by atoms with E-state index < -0.39 is 11.6 Å². The van der Waals surface area contributed by atoms with Gasteiger partial charge in [0.25, 0.3) is 5.24 Å². The first-order valence-electron chi connectivity index (χ1n) is 4.30. The van der Waals surface area contributed by atoms with Crippen LogP contribution in [0.15, 0.2) is 0 Å². The van der Waals surface area contributed by atoms with Gasteiger partial charge >= 0.3 is 0 Å². The van der Waals surface area contributed by atoms with Gasteiger partial charge in [0.05, 0.1) is 0 Å². The lowest BCUT2D eigenvalue weighted by Gasteiger charge is -2.23. The second-order valence-corrected chi connectivity index (χ2v) is 4.06. The molecular formula is C7H15N3O3S. The molecule has 0 aromatic heterocycles. The summed E-state index contributed by atoms with van der Waals surface area (Å²) in [6.45, 7) is 1.19. The fourth-order valence-electron chi connectivity index (χ4n) is 1.17. The second-order valence-electron chi connectivity index (χ2n) is 2.97. The van der Waals surface area contributed by atoms with Crippen LogP contribution in [0.4, 0.5) is 4.79 Å². The average molecular weight is 221 g/mol. The molecule has 2 unspecified atom stereocenters. The normalized spacial score (nSPS) is 27.0. The number of amides is 1. The zero-order valence-corrected chi connectivity index (χ0v) is 8.79. The summed E-state index contributed by atoms with van der Waals surface area (Å²) in [4.78, 5) is 10.9. The van der Waals surface area contributed by atoms with Crippen LogP contribution in [0.2, 0.25) is 0 Å². The molecule has 0 saturated carbocycles. The molecule has 0 aromatic carbocycles. The van der Waals surface area contributed by atoms with Gasteiger partial charge in [-0.3, -0.25) is 10.6 Å². The molecule has 0 aliphatic carbocycles. The molecule has 6 nitrogen and oxygen atoms in total. The Morgan fingerprint density at radius 3 is 3.00 bits per heavy atom. The van der Waals surface area contributed by atoms with Gasteiger partial charge in [-0.2, -0.15) is 0 Å². The van der Waals surface area contributed by atoms with Crippen LogP contribution in [-0.4, -0.2) is 47.2 Å². The van der Waals surface area contributed by atoms with E-state index in [-0.39, 0.29) is 5.24 Å². The molecule has 14 heavy (non-hydrogen) atoms. The quantitative estimate of drug-likeness (QED) is 0.323. The highest BCUT2D eigenvalue weighted by Gasteiger charge is 2.34. The van der Waals surface area contributed by atoms with Gasteiger partial charge in [-0.05, 0) is 18.2 Å². The van der Waals surface area contributed by atoms with E-state index in [0.717, 1.165) is 18.2 Å². The number of carbonyl (C=O) groups excluding carboxylic acids is 1. The Kier molecular flexibility index (Phi) is 4.63. The minimum absolute atomic E-state index is 0.246. The van der Waals surface area contributed by atoms with Crippen LogP contribution in [-0.2, 0) is 4.74 Å². The summed E-state index contributed by atoms with van der Waals surface area (Å²) in [5.41, 5.74) is 0. The molecule has 7 heteroatoms. The smallest absolute Gasteiger partial charge is 0.282 e. The summed E-state index contributed by atoms with van der Waals surface area (Å²) in [5, 5.41) is 12.5. The van der Waals surface area contributed by atoms with E-state index in [4.69, 9.17) is 10.6 Å². The summed E-state index contributed by atoms with van der Waals surface area (Å²) < 4.78 is 4.87. The van der Waals surface area contributed by atoms with Crippen LogP contribution in [0.3, 0.4) is 0 Å². The van der Waals surface area contributed by atoms with E-state index in [0.29, 0.717) is 13.2 Å². The minimum atomic E-state index is -0.889. The molecule has 4 N–H and O–H groups in total. The topological polar surface area (TPSA) is 87.8 Å². The predicted octanol–water partition coefficient (Wildman–Crippen LogP) is -0.700. The van der Waals surface area contributed by atoms with Crippen LogP contribution in [0.1, 0.15) is 6.42 Å². The summed E-state index contributed by atoms with van der Waals surface area (Å²) in [6.07, 6.45) is -0.120. The van der Waals surface area contributed by atoms with Gasteiger partial charge in [0.15, 0.2) is 6.23 Å². The van der Waals surface area contributed by atoms with Gasteiger partial charge < -0.3 is 15.2 Å². The molecule has 0 spiro atoms. The van der Waals surface area contributed by atoms with Crippen molar-refractivity contribution in [2.75, 3.05) is 20.3 Å². The molecule has 1 heterocycles. The Balaban J connectivity index is 2.29. The molecule has 1 rings (SSSR count). The molecule has 1 aliphatic heterocycles. The summed E-state index contributed by atoms with van der Waals surface area (Å²) in [7, 11) is 1.62. The molecule has 0 radical (unpaired) electrons. The Bertz CT molecular complexity index is 205. The number of ether oxygens (including phenoxy) is 1. The maximum atomic E-state index is 10.9. The Labute approximate surface area is 86.7 Å². The average Bonchev–Trinajstić information content (AvgIpc) is 2.45. The Morgan fingerprint density at radius 2 is 2.50 bits per heavy atom. The SMILES string of the molecule is COCCCN(N)C1SC(=O)NC1O. The largest absolute Gasteiger partial charge is 0.385 e. The van der Waals surface area contributed by atoms with E-state index in [2.05, 4.69) is 5.32 Å². The molecule has 1 aliphatic rings. The minimum Gasteiger partial charge on any atom is -0.385 e. The standard InChI is InChI=1S/C7H15N3O3S/c1-13-4-2-3-10(8)6-5(11)9-7(12)14-6/h5-6,11H,2-4,8H2,1H3,(H,9,12). The molecule has 1 amide bonds. The first kappa shape index (κ1) is 11.7. The molecule has 82 valence electrons. The number of thioether (sulfide) groups is 1. The van der Waals surface area contributed by atoms with Crippen molar-refractivity contribution in [3.8, 4) is 0 Å². The van der Waals surface area contributed by atoms with Crippen molar-refractivity contribution in [3.63, 3.8) is 0 Å². The van der Waals surface area contributed by atoms with Gasteiger partial charge in [-0.25, -0.2) is 5.01 Å². The monoisotopic (exact) mass is 221 g/mol. The van der Waals surface area contributed by atoms with Gasteiger partial charge in [0.2, 0.25) is 0 Å². The zero-order valence-electron chi connectivity index (χ0n) is 7.97. The number of nitrogens with zero attached hydrogens (tertiary/aromatic N) is 1. The van der Waals surface area contributed by atoms with E-state index in [1.165, 1.54) is 5.01 Å². The summed E-state index contributed by atoms with van der Waals surface area (Å²) >= 11 is 1.000. The van der Waals surface area contributed by atoms with Crippen molar-refractivity contribution in [2.24, 2.45) is 5.84 Å². The number of nitrogens with one attached hydrogen (secondary N) is 1. The highest BCUT2D eigenvalue weighted by atomic mass is 32.2. The van der Waals surface area contributed by atoms with E-state index in [1.54, 1.807) is 7.11 Å². The van der Waals surface area contributed by atoms with Crippen molar-refractivity contribution >= 4 is 17.0 Å². The molecule has 1 fully saturated rings. The molecule has 0 bridgehead atoms. The van der Waals surface area contributed by atoms with E-state index in [1.807, 2.05) is 0 Å². The maximum absolute atomic E-state index is 10.9. The highest BCUT2D eigenvalue weighted by Crippen LogP contribution is 2.23. The lowest BCUT2D eigenvalue weighted by Crippen LogP contribution is -2.47. The number of hydrogen-bond donors (Lipinski definition) is 3. The molecule has 2 atom stereocenters. The molecular weight excluding hydrogens is 206 g/mol. The predicted molar refractivity (Wildman–Crippen MR) is 53.3 cm³/mol. The lowest BCUT2D eigenvalue weighted by molar-refractivity contribution is 0.0794. The lowest BCUT2D eigenvalue weighted by atomic mass is 10.4.